The van der Waals surface area contributed by atoms with Crippen molar-refractivity contribution < 1.29 is 4.79 Å². The minimum atomic E-state index is -0.246. The lowest BCUT2D eigenvalue weighted by Gasteiger charge is -2.06. The number of nitrogens with zero attached hydrogens (tertiary/aromatic N) is 4. The Morgan fingerprint density at radius 1 is 1.23 bits per heavy atom. The molecule has 1 aliphatic rings. The molecule has 0 bridgehead atoms. The van der Waals surface area contributed by atoms with Crippen molar-refractivity contribution in [3.05, 3.63) is 30.7 Å². The third-order valence-corrected chi connectivity index (χ3v) is 3.30. The SMILES string of the molecule is O=C(Nc1ccc2ncc(-c3ncc[nH]3)nc2n1)NC1CC1. The number of carbonyl (C=O) groups is 1. The standard InChI is InChI=1S/C14H13N7O/c22-14(18-8-1-2-8)21-11-4-3-9-13(20-11)19-10(7-17-9)12-15-5-6-16-12/h3-8H,1-2H2,(H,15,16)(H2,18,19,20,21,22). The summed E-state index contributed by atoms with van der Waals surface area (Å²) in [5.74, 6) is 1.07. The molecule has 22 heavy (non-hydrogen) atoms. The van der Waals surface area contributed by atoms with Crippen LogP contribution >= 0.6 is 0 Å². The monoisotopic (exact) mass is 295 g/mol. The van der Waals surface area contributed by atoms with Crippen LogP contribution in [0.3, 0.4) is 0 Å². The molecule has 0 saturated heterocycles. The summed E-state index contributed by atoms with van der Waals surface area (Å²) in [6.45, 7) is 0. The fourth-order valence-corrected chi connectivity index (χ4v) is 2.05. The van der Waals surface area contributed by atoms with Crippen molar-refractivity contribution >= 4 is 23.0 Å². The normalized spacial score (nSPS) is 14.0. The molecule has 3 aromatic heterocycles. The predicted molar refractivity (Wildman–Crippen MR) is 80.1 cm³/mol. The number of aromatic amines is 1. The van der Waals surface area contributed by atoms with Gasteiger partial charge in [0.25, 0.3) is 0 Å². The van der Waals surface area contributed by atoms with Crippen molar-refractivity contribution in [2.45, 2.75) is 18.9 Å². The summed E-state index contributed by atoms with van der Waals surface area (Å²) < 4.78 is 0. The molecule has 0 aromatic carbocycles. The third kappa shape index (κ3) is 2.58. The van der Waals surface area contributed by atoms with Gasteiger partial charge in [-0.3, -0.25) is 10.3 Å². The van der Waals surface area contributed by atoms with Gasteiger partial charge in [-0.15, -0.1) is 0 Å². The summed E-state index contributed by atoms with van der Waals surface area (Å²) in [5.41, 5.74) is 1.71. The number of amides is 2. The van der Waals surface area contributed by atoms with Gasteiger partial charge >= 0.3 is 6.03 Å². The van der Waals surface area contributed by atoms with E-state index < -0.39 is 0 Å². The molecule has 4 rings (SSSR count). The van der Waals surface area contributed by atoms with Crippen LogP contribution in [-0.4, -0.2) is 37.0 Å². The van der Waals surface area contributed by atoms with Crippen LogP contribution in [-0.2, 0) is 0 Å². The summed E-state index contributed by atoms with van der Waals surface area (Å²) in [6.07, 6.45) is 7.08. The Labute approximate surface area is 125 Å². The summed E-state index contributed by atoms with van der Waals surface area (Å²) in [7, 11) is 0. The second-order valence-electron chi connectivity index (χ2n) is 5.10. The molecule has 2 amide bonds. The van der Waals surface area contributed by atoms with E-state index in [0.29, 0.717) is 34.5 Å². The van der Waals surface area contributed by atoms with Gasteiger partial charge in [0, 0.05) is 18.4 Å². The predicted octanol–water partition coefficient (Wildman–Crippen LogP) is 1.70. The molecule has 1 aliphatic carbocycles. The van der Waals surface area contributed by atoms with Gasteiger partial charge in [0.15, 0.2) is 11.5 Å². The zero-order valence-electron chi connectivity index (χ0n) is 11.6. The van der Waals surface area contributed by atoms with E-state index in [1.54, 1.807) is 30.7 Å². The number of fused-ring (bicyclic) bond motifs is 1. The van der Waals surface area contributed by atoms with Crippen LogP contribution in [0.2, 0.25) is 0 Å². The number of urea groups is 1. The van der Waals surface area contributed by atoms with Gasteiger partial charge in [-0.05, 0) is 25.0 Å². The Morgan fingerprint density at radius 3 is 2.91 bits per heavy atom. The second kappa shape index (κ2) is 5.06. The Balaban J connectivity index is 1.62. The van der Waals surface area contributed by atoms with E-state index in [4.69, 9.17) is 0 Å². The first-order valence-corrected chi connectivity index (χ1v) is 6.99. The second-order valence-corrected chi connectivity index (χ2v) is 5.10. The van der Waals surface area contributed by atoms with Crippen LogP contribution in [0, 0.1) is 0 Å². The zero-order chi connectivity index (χ0) is 14.9. The minimum Gasteiger partial charge on any atom is -0.343 e. The lowest BCUT2D eigenvalue weighted by atomic mass is 10.3. The van der Waals surface area contributed by atoms with Crippen molar-refractivity contribution in [2.24, 2.45) is 0 Å². The highest BCUT2D eigenvalue weighted by molar-refractivity contribution is 5.89. The molecule has 3 N–H and O–H groups in total. The largest absolute Gasteiger partial charge is 0.343 e. The maximum absolute atomic E-state index is 11.7. The molecule has 0 unspecified atom stereocenters. The molecule has 0 atom stereocenters. The summed E-state index contributed by atoms with van der Waals surface area (Å²) in [6, 6.07) is 3.53. The van der Waals surface area contributed by atoms with Crippen LogP contribution in [0.25, 0.3) is 22.7 Å². The number of anilines is 1. The molecule has 1 saturated carbocycles. The number of nitrogens with one attached hydrogen (secondary N) is 3. The minimum absolute atomic E-state index is 0.246. The number of aromatic nitrogens is 5. The van der Waals surface area contributed by atoms with Crippen molar-refractivity contribution in [2.75, 3.05) is 5.32 Å². The number of rotatable bonds is 3. The maximum atomic E-state index is 11.7. The van der Waals surface area contributed by atoms with E-state index in [9.17, 15) is 4.79 Å². The number of imidazole rings is 1. The zero-order valence-corrected chi connectivity index (χ0v) is 11.6. The summed E-state index contributed by atoms with van der Waals surface area (Å²) in [4.78, 5) is 31.9. The van der Waals surface area contributed by atoms with E-state index in [-0.39, 0.29) is 6.03 Å². The number of H-pyrrole nitrogens is 1. The molecule has 1 fully saturated rings. The highest BCUT2D eigenvalue weighted by atomic mass is 16.2. The Hall–Kier alpha value is -3.03. The molecule has 0 spiro atoms. The number of hydrogen-bond acceptors (Lipinski definition) is 5. The summed E-state index contributed by atoms with van der Waals surface area (Å²) >= 11 is 0. The molecule has 8 nitrogen and oxygen atoms in total. The molecule has 110 valence electrons. The molecule has 0 radical (unpaired) electrons. The topological polar surface area (TPSA) is 108 Å². The molecule has 3 aromatic rings. The van der Waals surface area contributed by atoms with E-state index >= 15 is 0 Å². The van der Waals surface area contributed by atoms with Crippen LogP contribution in [0.15, 0.2) is 30.7 Å². The van der Waals surface area contributed by atoms with Crippen LogP contribution in [0.5, 0.6) is 0 Å². The van der Waals surface area contributed by atoms with Gasteiger partial charge in [-0.25, -0.2) is 19.7 Å². The first-order valence-electron chi connectivity index (χ1n) is 6.99. The highest BCUT2D eigenvalue weighted by Gasteiger charge is 2.23. The maximum Gasteiger partial charge on any atom is 0.320 e. The fourth-order valence-electron chi connectivity index (χ4n) is 2.05. The van der Waals surface area contributed by atoms with Gasteiger partial charge < -0.3 is 10.3 Å². The Kier molecular flexibility index (Phi) is 2.92. The van der Waals surface area contributed by atoms with E-state index in [1.165, 1.54) is 0 Å². The molecule has 0 aliphatic heterocycles. The van der Waals surface area contributed by atoms with Crippen LogP contribution in [0.4, 0.5) is 10.6 Å². The quantitative estimate of drug-likeness (QED) is 0.681. The number of hydrogen-bond donors (Lipinski definition) is 3. The van der Waals surface area contributed by atoms with Gasteiger partial charge in [0.1, 0.15) is 17.0 Å². The third-order valence-electron chi connectivity index (χ3n) is 3.30. The fraction of sp³-hybridized carbons (Fsp3) is 0.214. The van der Waals surface area contributed by atoms with E-state index in [0.717, 1.165) is 12.8 Å². The highest BCUT2D eigenvalue weighted by Crippen LogP contribution is 2.19. The first kappa shape index (κ1) is 12.7. The lowest BCUT2D eigenvalue weighted by molar-refractivity contribution is 0.251. The van der Waals surface area contributed by atoms with Crippen molar-refractivity contribution in [1.82, 2.24) is 30.2 Å². The average molecular weight is 295 g/mol. The number of carbonyl (C=O) groups excluding carboxylic acids is 1. The van der Waals surface area contributed by atoms with Gasteiger partial charge in [0.2, 0.25) is 0 Å². The Bertz CT molecular complexity index is 826. The van der Waals surface area contributed by atoms with Crippen LogP contribution in [0.1, 0.15) is 12.8 Å². The molecule has 8 heteroatoms. The van der Waals surface area contributed by atoms with Gasteiger partial charge in [-0.1, -0.05) is 0 Å². The van der Waals surface area contributed by atoms with E-state index in [1.807, 2.05) is 0 Å². The summed E-state index contributed by atoms with van der Waals surface area (Å²) in [5, 5.41) is 5.55. The molecule has 3 heterocycles. The van der Waals surface area contributed by atoms with Gasteiger partial charge in [-0.2, -0.15) is 0 Å². The average Bonchev–Trinajstić information content (AvgIpc) is 3.16. The first-order chi connectivity index (χ1) is 10.8. The molecular formula is C14H13N7O. The number of pyridine rings is 1. The lowest BCUT2D eigenvalue weighted by Crippen LogP contribution is -2.30. The Morgan fingerprint density at radius 2 is 2.14 bits per heavy atom. The van der Waals surface area contributed by atoms with Crippen molar-refractivity contribution in [3.63, 3.8) is 0 Å². The van der Waals surface area contributed by atoms with Gasteiger partial charge in [0.05, 0.1) is 6.20 Å². The van der Waals surface area contributed by atoms with Crippen LogP contribution < -0.4 is 10.6 Å². The van der Waals surface area contributed by atoms with Crippen molar-refractivity contribution in [1.29, 1.82) is 0 Å². The smallest absolute Gasteiger partial charge is 0.320 e. The van der Waals surface area contributed by atoms with Crippen molar-refractivity contribution in [3.8, 4) is 11.5 Å². The van der Waals surface area contributed by atoms with E-state index in [2.05, 4.69) is 35.6 Å². The molecular weight excluding hydrogens is 282 g/mol.